The van der Waals surface area contributed by atoms with Gasteiger partial charge in [-0.05, 0) is 46.1 Å². The molecule has 0 aliphatic carbocycles. The van der Waals surface area contributed by atoms with Crippen molar-refractivity contribution in [1.29, 1.82) is 0 Å². The zero-order valence-electron chi connectivity index (χ0n) is 18.5. The summed E-state index contributed by atoms with van der Waals surface area (Å²) in [5.74, 6) is 0.0500. The number of aromatic nitrogens is 3. The Morgan fingerprint density at radius 2 is 1.94 bits per heavy atom. The minimum absolute atomic E-state index is 0.352. The number of rotatable bonds is 8. The third-order valence-electron chi connectivity index (χ3n) is 4.31. The number of anilines is 1. The maximum absolute atomic E-state index is 12.8. The molecule has 2 aromatic rings. The Bertz CT molecular complexity index is 920. The SMILES string of the molecule is CNc1ncnc2c1ccn2C(=O)NC(CCCCNC(=O)OC(C)(C)C)C(=O)OC. The molecule has 0 aliphatic rings. The van der Waals surface area contributed by atoms with E-state index in [2.05, 4.69) is 25.9 Å². The summed E-state index contributed by atoms with van der Waals surface area (Å²) < 4.78 is 11.3. The van der Waals surface area contributed by atoms with E-state index >= 15 is 0 Å². The van der Waals surface area contributed by atoms with Crippen LogP contribution in [0.1, 0.15) is 40.0 Å². The van der Waals surface area contributed by atoms with Crippen molar-refractivity contribution >= 4 is 34.9 Å². The minimum Gasteiger partial charge on any atom is -0.467 e. The summed E-state index contributed by atoms with van der Waals surface area (Å²) in [6, 6.07) is 0.385. The number of esters is 1. The van der Waals surface area contributed by atoms with Gasteiger partial charge in [0.25, 0.3) is 0 Å². The lowest BCUT2D eigenvalue weighted by atomic mass is 10.1. The number of nitrogens with zero attached hydrogens (tertiary/aromatic N) is 3. The van der Waals surface area contributed by atoms with Crippen LogP contribution in [0, 0.1) is 0 Å². The van der Waals surface area contributed by atoms with Gasteiger partial charge in [0, 0.05) is 19.8 Å². The first-order valence-corrected chi connectivity index (χ1v) is 10.0. The van der Waals surface area contributed by atoms with Crippen LogP contribution in [0.25, 0.3) is 11.0 Å². The van der Waals surface area contributed by atoms with Crippen molar-refractivity contribution in [1.82, 2.24) is 25.2 Å². The highest BCUT2D eigenvalue weighted by molar-refractivity contribution is 5.95. The number of hydrogen-bond donors (Lipinski definition) is 3. The van der Waals surface area contributed by atoms with Gasteiger partial charge in [-0.1, -0.05) is 0 Å². The van der Waals surface area contributed by atoms with E-state index in [4.69, 9.17) is 9.47 Å². The van der Waals surface area contributed by atoms with E-state index in [9.17, 15) is 14.4 Å². The first-order valence-electron chi connectivity index (χ1n) is 10.0. The molecule has 11 nitrogen and oxygen atoms in total. The van der Waals surface area contributed by atoms with Crippen LogP contribution in [0.15, 0.2) is 18.6 Å². The van der Waals surface area contributed by atoms with E-state index in [1.807, 2.05) is 0 Å². The normalized spacial score (nSPS) is 12.2. The lowest BCUT2D eigenvalue weighted by molar-refractivity contribution is -0.143. The van der Waals surface area contributed by atoms with E-state index in [1.165, 1.54) is 18.0 Å². The fraction of sp³-hybridized carbons (Fsp3) is 0.550. The van der Waals surface area contributed by atoms with Crippen molar-refractivity contribution in [3.8, 4) is 0 Å². The molecule has 2 aromatic heterocycles. The van der Waals surface area contributed by atoms with Gasteiger partial charge >= 0.3 is 18.1 Å². The molecule has 0 aromatic carbocycles. The van der Waals surface area contributed by atoms with Crippen LogP contribution < -0.4 is 16.0 Å². The quantitative estimate of drug-likeness (QED) is 0.425. The van der Waals surface area contributed by atoms with E-state index < -0.39 is 29.7 Å². The molecule has 1 atom stereocenters. The molecule has 11 heteroatoms. The van der Waals surface area contributed by atoms with E-state index in [0.29, 0.717) is 42.7 Å². The zero-order valence-corrected chi connectivity index (χ0v) is 18.5. The molecule has 0 aliphatic heterocycles. The number of hydrogen-bond acceptors (Lipinski definition) is 8. The fourth-order valence-corrected chi connectivity index (χ4v) is 2.90. The molecule has 2 amide bonds. The number of ether oxygens (including phenoxy) is 2. The van der Waals surface area contributed by atoms with Gasteiger partial charge in [0.2, 0.25) is 0 Å². The van der Waals surface area contributed by atoms with Crippen molar-refractivity contribution < 1.29 is 23.9 Å². The molecule has 0 saturated carbocycles. The number of nitrogens with one attached hydrogen (secondary N) is 3. The van der Waals surface area contributed by atoms with E-state index in [-0.39, 0.29) is 0 Å². The number of amides is 2. The maximum atomic E-state index is 12.8. The molecule has 1 unspecified atom stereocenters. The molecule has 170 valence electrons. The summed E-state index contributed by atoms with van der Waals surface area (Å²) in [7, 11) is 2.99. The zero-order chi connectivity index (χ0) is 23.0. The lowest BCUT2D eigenvalue weighted by Crippen LogP contribution is -2.43. The van der Waals surface area contributed by atoms with Gasteiger partial charge < -0.3 is 25.4 Å². The van der Waals surface area contributed by atoms with E-state index in [0.717, 1.165) is 0 Å². The summed E-state index contributed by atoms with van der Waals surface area (Å²) in [5.41, 5.74) is -0.145. The highest BCUT2D eigenvalue weighted by Gasteiger charge is 2.23. The summed E-state index contributed by atoms with van der Waals surface area (Å²) in [5, 5.41) is 8.97. The molecule has 0 radical (unpaired) electrons. The third-order valence-corrected chi connectivity index (χ3v) is 4.31. The highest BCUT2D eigenvalue weighted by Crippen LogP contribution is 2.19. The Labute approximate surface area is 180 Å². The molecule has 0 saturated heterocycles. The predicted octanol–water partition coefficient (Wildman–Crippen LogP) is 2.27. The Balaban J connectivity index is 1.92. The van der Waals surface area contributed by atoms with Gasteiger partial charge in [0.15, 0.2) is 5.65 Å². The molecule has 0 spiro atoms. The maximum Gasteiger partial charge on any atom is 0.407 e. The van der Waals surface area contributed by atoms with Crippen molar-refractivity contribution in [2.75, 3.05) is 26.0 Å². The number of carbonyl (C=O) groups is 3. The average Bonchev–Trinajstić information content (AvgIpc) is 3.15. The van der Waals surface area contributed by atoms with Gasteiger partial charge in [0.05, 0.1) is 12.5 Å². The fourth-order valence-electron chi connectivity index (χ4n) is 2.90. The first-order chi connectivity index (χ1) is 14.7. The van der Waals surface area contributed by atoms with Crippen molar-refractivity contribution in [2.45, 2.75) is 51.7 Å². The third kappa shape index (κ3) is 6.83. The number of unbranched alkanes of at least 4 members (excludes halogenated alkanes) is 1. The van der Waals surface area contributed by atoms with Gasteiger partial charge in [-0.15, -0.1) is 0 Å². The summed E-state index contributed by atoms with van der Waals surface area (Å²) in [6.07, 6.45) is 3.96. The summed E-state index contributed by atoms with van der Waals surface area (Å²) >= 11 is 0. The second-order valence-electron chi connectivity index (χ2n) is 7.84. The molecule has 31 heavy (non-hydrogen) atoms. The minimum atomic E-state index is -0.831. The van der Waals surface area contributed by atoms with Crippen LogP contribution in [0.5, 0.6) is 0 Å². The van der Waals surface area contributed by atoms with Gasteiger partial charge in [-0.2, -0.15) is 0 Å². The monoisotopic (exact) mass is 434 g/mol. The predicted molar refractivity (Wildman–Crippen MR) is 115 cm³/mol. The number of fused-ring (bicyclic) bond motifs is 1. The summed E-state index contributed by atoms with van der Waals surface area (Å²) in [6.45, 7) is 5.75. The summed E-state index contributed by atoms with van der Waals surface area (Å²) in [4.78, 5) is 44.8. The van der Waals surface area contributed by atoms with Crippen LogP contribution in [0.2, 0.25) is 0 Å². The molecular formula is C20H30N6O5. The molecule has 0 bridgehead atoms. The van der Waals surface area contributed by atoms with Crippen molar-refractivity contribution in [2.24, 2.45) is 0 Å². The molecule has 2 rings (SSSR count). The Kier molecular flexibility index (Phi) is 8.17. The number of alkyl carbamates (subject to hydrolysis) is 1. The highest BCUT2D eigenvalue weighted by atomic mass is 16.6. The standard InChI is InChI=1S/C20H30N6O5/c1-20(2,3)31-19(29)22-10-7-6-8-14(17(27)30-5)25-18(28)26-11-9-13-15(21-4)23-12-24-16(13)26/h9,11-12,14H,6-8,10H2,1-5H3,(H,22,29)(H,25,28)(H,21,23,24). The second kappa shape index (κ2) is 10.6. The number of carbonyl (C=O) groups excluding carboxylic acids is 3. The van der Waals surface area contributed by atoms with Crippen LogP contribution in [-0.2, 0) is 14.3 Å². The second-order valence-corrected chi connectivity index (χ2v) is 7.84. The van der Waals surface area contributed by atoms with Gasteiger partial charge in [0.1, 0.15) is 23.8 Å². The molecule has 3 N–H and O–H groups in total. The van der Waals surface area contributed by atoms with Crippen LogP contribution in [-0.4, -0.2) is 65.0 Å². The Morgan fingerprint density at radius 3 is 2.58 bits per heavy atom. The van der Waals surface area contributed by atoms with Crippen LogP contribution >= 0.6 is 0 Å². The first kappa shape index (κ1) is 23.9. The number of methoxy groups -OCH3 is 1. The molecule has 0 fully saturated rings. The lowest BCUT2D eigenvalue weighted by Gasteiger charge is -2.20. The smallest absolute Gasteiger partial charge is 0.407 e. The van der Waals surface area contributed by atoms with Crippen molar-refractivity contribution in [3.63, 3.8) is 0 Å². The molecular weight excluding hydrogens is 404 g/mol. The van der Waals surface area contributed by atoms with Gasteiger partial charge in [-0.3, -0.25) is 4.57 Å². The Hall–Kier alpha value is -3.37. The average molecular weight is 434 g/mol. The van der Waals surface area contributed by atoms with Gasteiger partial charge in [-0.25, -0.2) is 24.4 Å². The molecule has 2 heterocycles. The Morgan fingerprint density at radius 1 is 1.19 bits per heavy atom. The largest absolute Gasteiger partial charge is 0.467 e. The van der Waals surface area contributed by atoms with E-state index in [1.54, 1.807) is 40.1 Å². The van der Waals surface area contributed by atoms with Crippen LogP contribution in [0.4, 0.5) is 15.4 Å². The van der Waals surface area contributed by atoms with Crippen molar-refractivity contribution in [3.05, 3.63) is 18.6 Å². The topological polar surface area (TPSA) is 136 Å². The van der Waals surface area contributed by atoms with Crippen LogP contribution in [0.3, 0.4) is 0 Å².